The summed E-state index contributed by atoms with van der Waals surface area (Å²) in [6.45, 7) is 0. The van der Waals surface area contributed by atoms with E-state index in [0.717, 1.165) is 0 Å². The molecular weight excluding hydrogens is 258 g/mol. The lowest BCUT2D eigenvalue weighted by Gasteiger charge is -2.18. The number of nitrogen functional groups attached to an aromatic ring is 1. The summed E-state index contributed by atoms with van der Waals surface area (Å²) in [6.07, 6.45) is 0. The number of nitrogens with two attached hydrogens (primary N) is 1. The first kappa shape index (κ1) is 10.8. The molecule has 0 saturated heterocycles. The summed E-state index contributed by atoms with van der Waals surface area (Å²) in [5.74, 6) is -0.628. The van der Waals surface area contributed by atoms with Crippen molar-refractivity contribution in [1.29, 1.82) is 5.41 Å². The fraction of sp³-hybridized carbons (Fsp3) is 0. The highest BCUT2D eigenvalue weighted by atomic mass is 32.3. The Kier molecular flexibility index (Phi) is 1.99. The van der Waals surface area contributed by atoms with Crippen molar-refractivity contribution in [3.63, 3.8) is 0 Å². The van der Waals surface area contributed by atoms with E-state index in [-0.39, 0.29) is 23.2 Å². The number of rotatable bonds is 1. The van der Waals surface area contributed by atoms with Gasteiger partial charge < -0.3 is 14.1 Å². The molecule has 1 aromatic heterocycles. The van der Waals surface area contributed by atoms with Gasteiger partial charge in [0.05, 0.1) is 5.56 Å². The van der Waals surface area contributed by atoms with Crippen LogP contribution in [-0.2, 0) is 10.4 Å². The number of nitrogens with zero attached hydrogens (tertiary/aromatic N) is 1. The fourth-order valence-corrected chi connectivity index (χ4v) is 2.47. The number of amidine groups is 1. The monoisotopic (exact) mass is 265 g/mol. The van der Waals surface area contributed by atoms with Crippen molar-refractivity contribution in [2.75, 3.05) is 0 Å². The van der Waals surface area contributed by atoms with Crippen LogP contribution in [0.2, 0.25) is 0 Å². The molecule has 1 aliphatic rings. The van der Waals surface area contributed by atoms with Gasteiger partial charge in [0.25, 0.3) is 5.88 Å². The van der Waals surface area contributed by atoms with Gasteiger partial charge in [0.1, 0.15) is 5.84 Å². The van der Waals surface area contributed by atoms with Gasteiger partial charge in [-0.15, -0.1) is 8.42 Å². The molecule has 7 nitrogen and oxygen atoms in total. The second-order valence-electron chi connectivity index (χ2n) is 3.63. The molecule has 0 saturated carbocycles. The molecule has 0 atom stereocenters. The minimum Gasteiger partial charge on any atom is -0.383 e. The van der Waals surface area contributed by atoms with Crippen molar-refractivity contribution in [2.45, 2.75) is 0 Å². The van der Waals surface area contributed by atoms with E-state index < -0.39 is 10.4 Å². The molecular formula is C10H7N3O4S. The molecule has 8 heteroatoms. The lowest BCUT2D eigenvalue weighted by Crippen LogP contribution is -2.25. The summed E-state index contributed by atoms with van der Waals surface area (Å²) in [5, 5.41) is 8.52. The Labute approximate surface area is 102 Å². The maximum Gasteiger partial charge on any atom is 0.504 e. The molecule has 0 spiro atoms. The lowest BCUT2D eigenvalue weighted by molar-refractivity contribution is 0.359. The van der Waals surface area contributed by atoms with E-state index >= 15 is 0 Å². The zero-order valence-electron chi connectivity index (χ0n) is 8.88. The topological polar surface area (TPSA) is 115 Å². The number of benzene rings is 1. The van der Waals surface area contributed by atoms with Crippen LogP contribution >= 0.6 is 0 Å². The van der Waals surface area contributed by atoms with Crippen LogP contribution < -0.4 is 14.1 Å². The lowest BCUT2D eigenvalue weighted by atomic mass is 10.1. The Morgan fingerprint density at radius 1 is 1.17 bits per heavy atom. The summed E-state index contributed by atoms with van der Waals surface area (Å²) in [7, 11) is -4.19. The zero-order valence-corrected chi connectivity index (χ0v) is 9.69. The normalized spacial score (nSPS) is 15.8. The van der Waals surface area contributed by atoms with Crippen LogP contribution in [0.4, 0.5) is 0 Å². The molecule has 2 heterocycles. The fourth-order valence-electron chi connectivity index (χ4n) is 1.81. The maximum atomic E-state index is 11.4. The highest BCUT2D eigenvalue weighted by Crippen LogP contribution is 2.36. The van der Waals surface area contributed by atoms with Gasteiger partial charge in [-0.3, -0.25) is 5.41 Å². The standard InChI is InChI=1S/C10H7N3O4S/c11-8(12)7-5-3-1-2-4-6(5)9-13-10(7)17-18(14,15)16-9/h1-4H,(H3,11,12). The van der Waals surface area contributed by atoms with Gasteiger partial charge in [-0.05, 0) is 6.07 Å². The molecule has 3 rings (SSSR count). The number of nitrogens with one attached hydrogen (secondary N) is 1. The van der Waals surface area contributed by atoms with E-state index in [9.17, 15) is 8.42 Å². The second kappa shape index (κ2) is 3.33. The van der Waals surface area contributed by atoms with Crippen LogP contribution in [0.15, 0.2) is 24.3 Å². The van der Waals surface area contributed by atoms with Gasteiger partial charge in [-0.2, -0.15) is 4.98 Å². The molecule has 3 N–H and O–H groups in total. The number of aromatic nitrogens is 1. The molecule has 0 radical (unpaired) electrons. The Balaban J connectivity index is 2.49. The summed E-state index contributed by atoms with van der Waals surface area (Å²) in [4.78, 5) is 3.88. The quantitative estimate of drug-likeness (QED) is 0.574. The molecule has 0 amide bonds. The number of hydrogen-bond donors (Lipinski definition) is 2. The van der Waals surface area contributed by atoms with Crippen LogP contribution in [-0.4, -0.2) is 19.2 Å². The molecule has 0 unspecified atom stereocenters. The maximum absolute atomic E-state index is 11.4. The predicted molar refractivity (Wildman–Crippen MR) is 62.9 cm³/mol. The Morgan fingerprint density at radius 3 is 2.44 bits per heavy atom. The van der Waals surface area contributed by atoms with Crippen molar-refractivity contribution in [2.24, 2.45) is 5.73 Å². The number of pyridine rings is 1. The van der Waals surface area contributed by atoms with Gasteiger partial charge in [0, 0.05) is 10.8 Å². The third-order valence-electron chi connectivity index (χ3n) is 2.48. The van der Waals surface area contributed by atoms with Crippen LogP contribution in [0.1, 0.15) is 5.56 Å². The summed E-state index contributed by atoms with van der Waals surface area (Å²) < 4.78 is 32.0. The van der Waals surface area contributed by atoms with Crippen LogP contribution in [0.3, 0.4) is 0 Å². The molecule has 92 valence electrons. The number of hydrogen-bond acceptors (Lipinski definition) is 6. The van der Waals surface area contributed by atoms with Crippen molar-refractivity contribution < 1.29 is 16.8 Å². The molecule has 1 aliphatic heterocycles. The molecule has 18 heavy (non-hydrogen) atoms. The van der Waals surface area contributed by atoms with Crippen molar-refractivity contribution >= 4 is 27.0 Å². The van der Waals surface area contributed by atoms with E-state index in [4.69, 9.17) is 11.1 Å². The van der Waals surface area contributed by atoms with Crippen LogP contribution in [0.5, 0.6) is 11.8 Å². The molecule has 2 aromatic rings. The van der Waals surface area contributed by atoms with Crippen molar-refractivity contribution in [3.8, 4) is 11.8 Å². The minimum absolute atomic E-state index is 0.0724. The Bertz CT molecular complexity index is 785. The van der Waals surface area contributed by atoms with Crippen LogP contribution in [0, 0.1) is 5.41 Å². The smallest absolute Gasteiger partial charge is 0.383 e. The Morgan fingerprint density at radius 2 is 1.78 bits per heavy atom. The first-order valence-corrected chi connectivity index (χ1v) is 6.22. The van der Waals surface area contributed by atoms with Crippen LogP contribution in [0.25, 0.3) is 10.8 Å². The summed E-state index contributed by atoms with van der Waals surface area (Å²) in [5.41, 5.74) is 5.59. The summed E-state index contributed by atoms with van der Waals surface area (Å²) in [6, 6.07) is 6.76. The first-order valence-electron chi connectivity index (χ1n) is 4.89. The molecule has 0 fully saturated rings. The van der Waals surface area contributed by atoms with E-state index in [2.05, 4.69) is 13.4 Å². The average Bonchev–Trinajstić information content (AvgIpc) is 2.26. The van der Waals surface area contributed by atoms with Gasteiger partial charge in [-0.25, -0.2) is 0 Å². The third kappa shape index (κ3) is 1.46. The average molecular weight is 265 g/mol. The molecule has 2 bridgehead atoms. The van der Waals surface area contributed by atoms with Gasteiger partial charge >= 0.3 is 10.4 Å². The molecule has 0 aliphatic carbocycles. The Hall–Kier alpha value is -2.35. The van der Waals surface area contributed by atoms with Gasteiger partial charge in [0.15, 0.2) is 0 Å². The molecule has 1 aromatic carbocycles. The van der Waals surface area contributed by atoms with Crippen molar-refractivity contribution in [3.05, 3.63) is 29.8 Å². The largest absolute Gasteiger partial charge is 0.504 e. The minimum atomic E-state index is -4.19. The third-order valence-corrected chi connectivity index (χ3v) is 3.20. The van der Waals surface area contributed by atoms with E-state index in [1.54, 1.807) is 24.3 Å². The second-order valence-corrected chi connectivity index (χ2v) is 4.78. The highest BCUT2D eigenvalue weighted by molar-refractivity contribution is 7.82. The number of fused-ring (bicyclic) bond motifs is 4. The van der Waals surface area contributed by atoms with Crippen molar-refractivity contribution in [1.82, 2.24) is 4.98 Å². The van der Waals surface area contributed by atoms with Gasteiger partial charge in [-0.1, -0.05) is 18.2 Å². The van der Waals surface area contributed by atoms with E-state index in [1.807, 2.05) is 0 Å². The SMILES string of the molecule is N=C(N)c1c2nc(c3ccccc13)OS(=O)(=O)O2. The predicted octanol–water partition coefficient (Wildman–Crippen LogP) is 0.535. The van der Waals surface area contributed by atoms with Gasteiger partial charge in [0.2, 0.25) is 5.88 Å². The summed E-state index contributed by atoms with van der Waals surface area (Å²) >= 11 is 0. The van der Waals surface area contributed by atoms with E-state index in [1.165, 1.54) is 0 Å². The first-order chi connectivity index (χ1) is 8.48. The highest BCUT2D eigenvalue weighted by Gasteiger charge is 2.30. The zero-order chi connectivity index (χ0) is 12.9. The van der Waals surface area contributed by atoms with E-state index in [0.29, 0.717) is 10.8 Å².